The van der Waals surface area contributed by atoms with Gasteiger partial charge in [0.2, 0.25) is 0 Å². The number of halogens is 1. The fraction of sp³-hybridized carbons (Fsp3) is 0.385. The number of allylic oxidation sites excluding steroid dienone is 2. The van der Waals surface area contributed by atoms with Gasteiger partial charge in [-0.1, -0.05) is 34.5 Å². The lowest BCUT2D eigenvalue weighted by atomic mass is 10.0. The summed E-state index contributed by atoms with van der Waals surface area (Å²) in [5.74, 6) is 0.745. The Labute approximate surface area is 105 Å². The fourth-order valence-electron chi connectivity index (χ4n) is 1.58. The van der Waals surface area contributed by atoms with Crippen LogP contribution in [0.3, 0.4) is 0 Å². The molecule has 0 saturated carbocycles. The Hall–Kier alpha value is -0.960. The predicted octanol–water partition coefficient (Wildman–Crippen LogP) is 4.06. The number of rotatable bonds is 4. The van der Waals surface area contributed by atoms with Gasteiger partial charge in [-0.05, 0) is 31.9 Å². The minimum absolute atomic E-state index is 0.227. The molecule has 2 nitrogen and oxygen atoms in total. The zero-order valence-electron chi connectivity index (χ0n) is 9.88. The van der Waals surface area contributed by atoms with E-state index < -0.39 is 0 Å². The third-order valence-corrected chi connectivity index (χ3v) is 3.42. The Kier molecular flexibility index (Phi) is 4.87. The molecule has 3 heteroatoms. The first-order valence-corrected chi connectivity index (χ1v) is 6.11. The molecule has 0 radical (unpaired) electrons. The van der Waals surface area contributed by atoms with Crippen molar-refractivity contribution < 1.29 is 9.84 Å². The van der Waals surface area contributed by atoms with Crippen molar-refractivity contribution in [2.24, 2.45) is 0 Å². The van der Waals surface area contributed by atoms with Crippen molar-refractivity contribution in [2.45, 2.75) is 26.7 Å². The molecule has 16 heavy (non-hydrogen) atoms. The van der Waals surface area contributed by atoms with E-state index in [9.17, 15) is 5.11 Å². The molecule has 0 saturated heterocycles. The average Bonchev–Trinajstić information content (AvgIpc) is 2.30. The first-order chi connectivity index (χ1) is 7.63. The van der Waals surface area contributed by atoms with Crippen molar-refractivity contribution in [3.8, 4) is 11.5 Å². The van der Waals surface area contributed by atoms with Gasteiger partial charge >= 0.3 is 0 Å². The van der Waals surface area contributed by atoms with Crippen LogP contribution in [0, 0.1) is 0 Å². The van der Waals surface area contributed by atoms with Crippen LogP contribution in [0.2, 0.25) is 0 Å². The molecule has 0 unspecified atom stereocenters. The molecule has 0 amide bonds. The van der Waals surface area contributed by atoms with Gasteiger partial charge in [-0.15, -0.1) is 0 Å². The molecule has 88 valence electrons. The van der Waals surface area contributed by atoms with Gasteiger partial charge in [-0.3, -0.25) is 0 Å². The normalized spacial score (nSPS) is 11.6. The van der Waals surface area contributed by atoms with Gasteiger partial charge in [0, 0.05) is 10.0 Å². The molecule has 0 aromatic heterocycles. The maximum absolute atomic E-state index is 10.0. The van der Waals surface area contributed by atoms with Crippen LogP contribution >= 0.6 is 15.9 Å². The van der Waals surface area contributed by atoms with E-state index in [4.69, 9.17) is 4.74 Å². The van der Waals surface area contributed by atoms with E-state index in [1.165, 1.54) is 5.57 Å². The molecule has 1 rings (SSSR count). The van der Waals surface area contributed by atoms with Gasteiger partial charge in [0.15, 0.2) is 11.5 Å². The average molecular weight is 285 g/mol. The largest absolute Gasteiger partial charge is 0.504 e. The van der Waals surface area contributed by atoms with Crippen molar-refractivity contribution in [3.63, 3.8) is 0 Å². The number of benzene rings is 1. The lowest BCUT2D eigenvalue weighted by molar-refractivity contribution is 0.370. The highest BCUT2D eigenvalue weighted by Crippen LogP contribution is 2.36. The molecular formula is C13H17BrO2. The molecule has 0 aliphatic rings. The summed E-state index contributed by atoms with van der Waals surface area (Å²) in [5, 5.41) is 10.0. The summed E-state index contributed by atoms with van der Waals surface area (Å²) in [6.07, 6.45) is 3.82. The van der Waals surface area contributed by atoms with Crippen molar-refractivity contribution in [2.75, 3.05) is 7.11 Å². The van der Waals surface area contributed by atoms with Gasteiger partial charge in [0.1, 0.15) is 0 Å². The second kappa shape index (κ2) is 5.94. The van der Waals surface area contributed by atoms with Gasteiger partial charge < -0.3 is 9.84 Å². The van der Waals surface area contributed by atoms with Crippen LogP contribution in [0.1, 0.15) is 25.8 Å². The van der Waals surface area contributed by atoms with Crippen molar-refractivity contribution >= 4 is 15.9 Å². The van der Waals surface area contributed by atoms with Gasteiger partial charge in [0.05, 0.1) is 7.11 Å². The second-order valence-corrected chi connectivity index (χ2v) is 4.41. The van der Waals surface area contributed by atoms with E-state index in [1.54, 1.807) is 13.2 Å². The highest BCUT2D eigenvalue weighted by molar-refractivity contribution is 9.10. The molecule has 1 aromatic rings. The molecule has 0 bridgehead atoms. The lowest BCUT2D eigenvalue weighted by Crippen LogP contribution is -1.94. The van der Waals surface area contributed by atoms with Crippen LogP contribution in [0.5, 0.6) is 11.5 Å². The van der Waals surface area contributed by atoms with Crippen LogP contribution in [0.15, 0.2) is 28.3 Å². The van der Waals surface area contributed by atoms with E-state index in [0.29, 0.717) is 5.75 Å². The van der Waals surface area contributed by atoms with Crippen LogP contribution in [0.4, 0.5) is 0 Å². The Morgan fingerprint density at radius 3 is 2.69 bits per heavy atom. The molecule has 0 fully saturated rings. The summed E-state index contributed by atoms with van der Waals surface area (Å²) < 4.78 is 6.01. The van der Waals surface area contributed by atoms with E-state index >= 15 is 0 Å². The number of ether oxygens (including phenoxy) is 1. The predicted molar refractivity (Wildman–Crippen MR) is 70.1 cm³/mol. The standard InChI is InChI=1S/C13H17BrO2/c1-4-9(5-2)8-10-11(14)6-7-12(16-3)13(10)15/h4,6-7,15H,5,8H2,1-3H3. The maximum Gasteiger partial charge on any atom is 0.162 e. The molecule has 1 aromatic carbocycles. The maximum atomic E-state index is 10.0. The first kappa shape index (κ1) is 13.1. The molecule has 0 spiro atoms. The van der Waals surface area contributed by atoms with E-state index in [2.05, 4.69) is 28.9 Å². The third kappa shape index (κ3) is 2.79. The number of hydrogen-bond acceptors (Lipinski definition) is 2. The summed E-state index contributed by atoms with van der Waals surface area (Å²) in [7, 11) is 1.56. The molecular weight excluding hydrogens is 268 g/mol. The Balaban J connectivity index is 3.12. The smallest absolute Gasteiger partial charge is 0.162 e. The molecule has 0 heterocycles. The van der Waals surface area contributed by atoms with Crippen molar-refractivity contribution in [1.82, 2.24) is 0 Å². The molecule has 0 aliphatic heterocycles. The fourth-order valence-corrected chi connectivity index (χ4v) is 2.04. The van der Waals surface area contributed by atoms with Gasteiger partial charge in [-0.2, -0.15) is 0 Å². The molecule has 1 N–H and O–H groups in total. The minimum Gasteiger partial charge on any atom is -0.504 e. The lowest BCUT2D eigenvalue weighted by Gasteiger charge is -2.12. The number of methoxy groups -OCH3 is 1. The minimum atomic E-state index is 0.227. The van der Waals surface area contributed by atoms with E-state index in [1.807, 2.05) is 13.0 Å². The monoisotopic (exact) mass is 284 g/mol. The second-order valence-electron chi connectivity index (χ2n) is 3.55. The Morgan fingerprint density at radius 1 is 1.50 bits per heavy atom. The number of aromatic hydroxyl groups is 1. The summed E-state index contributed by atoms with van der Waals surface area (Å²) in [6, 6.07) is 3.65. The van der Waals surface area contributed by atoms with Crippen LogP contribution in [-0.4, -0.2) is 12.2 Å². The molecule has 0 atom stereocenters. The SMILES string of the molecule is CC=C(CC)Cc1c(Br)ccc(OC)c1O. The zero-order chi connectivity index (χ0) is 12.1. The van der Waals surface area contributed by atoms with E-state index in [-0.39, 0.29) is 5.75 Å². The number of hydrogen-bond donors (Lipinski definition) is 1. The summed E-state index contributed by atoms with van der Waals surface area (Å²) in [4.78, 5) is 0. The first-order valence-electron chi connectivity index (χ1n) is 5.32. The topological polar surface area (TPSA) is 29.5 Å². The van der Waals surface area contributed by atoms with Gasteiger partial charge in [-0.25, -0.2) is 0 Å². The quantitative estimate of drug-likeness (QED) is 0.845. The Bertz CT molecular complexity index is 397. The summed E-state index contributed by atoms with van der Waals surface area (Å²) in [5.41, 5.74) is 2.18. The number of phenols is 1. The highest BCUT2D eigenvalue weighted by atomic mass is 79.9. The van der Waals surface area contributed by atoms with E-state index in [0.717, 1.165) is 22.9 Å². The zero-order valence-corrected chi connectivity index (χ0v) is 11.5. The summed E-state index contributed by atoms with van der Waals surface area (Å²) in [6.45, 7) is 4.13. The Morgan fingerprint density at radius 2 is 2.19 bits per heavy atom. The third-order valence-electron chi connectivity index (χ3n) is 2.67. The van der Waals surface area contributed by atoms with Crippen LogP contribution < -0.4 is 4.74 Å². The van der Waals surface area contributed by atoms with Crippen molar-refractivity contribution in [1.29, 1.82) is 0 Å². The van der Waals surface area contributed by atoms with Crippen LogP contribution in [0.25, 0.3) is 0 Å². The highest BCUT2D eigenvalue weighted by Gasteiger charge is 2.12. The van der Waals surface area contributed by atoms with Crippen molar-refractivity contribution in [3.05, 3.63) is 33.8 Å². The molecule has 0 aliphatic carbocycles. The van der Waals surface area contributed by atoms with Crippen LogP contribution in [-0.2, 0) is 6.42 Å². The summed E-state index contributed by atoms with van der Waals surface area (Å²) >= 11 is 3.45. The van der Waals surface area contributed by atoms with Gasteiger partial charge in [0.25, 0.3) is 0 Å². The number of phenolic OH excluding ortho intramolecular Hbond substituents is 1.